The van der Waals surface area contributed by atoms with Gasteiger partial charge in [-0.1, -0.05) is 13.0 Å². The predicted octanol–water partition coefficient (Wildman–Crippen LogP) is 6.87. The number of hydrogen-bond donors (Lipinski definition) is 2. The number of ether oxygens (including phenoxy) is 1. The number of nitrogens with zero attached hydrogens (tertiary/aromatic N) is 4. The Morgan fingerprint density at radius 3 is 2.37 bits per heavy atom. The Labute approximate surface area is 259 Å². The summed E-state index contributed by atoms with van der Waals surface area (Å²) in [4.78, 5) is 21.3. The highest BCUT2D eigenvalue weighted by atomic mass is 32.1. The molecule has 43 heavy (non-hydrogen) atoms. The number of carbonyl (C=O) groups is 1. The van der Waals surface area contributed by atoms with Crippen LogP contribution in [-0.2, 0) is 4.79 Å². The van der Waals surface area contributed by atoms with Crippen molar-refractivity contribution in [2.45, 2.75) is 53.1 Å². The van der Waals surface area contributed by atoms with Gasteiger partial charge in [-0.05, 0) is 100 Å². The maximum absolute atomic E-state index is 12.1. The van der Waals surface area contributed by atoms with Crippen LogP contribution in [0.1, 0.15) is 61.9 Å². The van der Waals surface area contributed by atoms with Gasteiger partial charge < -0.3 is 29.7 Å². The highest BCUT2D eigenvalue weighted by Gasteiger charge is 2.42. The lowest BCUT2D eigenvalue weighted by Gasteiger charge is -2.29. The van der Waals surface area contributed by atoms with E-state index in [1.165, 1.54) is 5.69 Å². The molecule has 8 nitrogen and oxygen atoms in total. The summed E-state index contributed by atoms with van der Waals surface area (Å²) in [7, 11) is 1.61. The molecule has 2 aromatic carbocycles. The molecule has 0 radical (unpaired) electrons. The van der Waals surface area contributed by atoms with E-state index in [0.717, 1.165) is 47.1 Å². The zero-order valence-electron chi connectivity index (χ0n) is 25.7. The Balaban J connectivity index is 1.60. The summed E-state index contributed by atoms with van der Waals surface area (Å²) in [5.74, 6) is 0.496. The van der Waals surface area contributed by atoms with E-state index in [2.05, 4.69) is 83.0 Å². The molecule has 1 saturated heterocycles. The molecule has 1 amide bonds. The fraction of sp³-hybridized carbons (Fsp3) is 0.324. The van der Waals surface area contributed by atoms with E-state index >= 15 is 0 Å². The number of rotatable bonds is 10. The van der Waals surface area contributed by atoms with Gasteiger partial charge in [0.25, 0.3) is 0 Å². The first kappa shape index (κ1) is 30.1. The van der Waals surface area contributed by atoms with Crippen LogP contribution in [0.25, 0.3) is 5.69 Å². The van der Waals surface area contributed by atoms with Crippen molar-refractivity contribution in [1.82, 2.24) is 14.9 Å². The Morgan fingerprint density at radius 2 is 1.74 bits per heavy atom. The second-order valence-corrected chi connectivity index (χ2v) is 11.0. The van der Waals surface area contributed by atoms with E-state index in [9.17, 15) is 4.79 Å². The van der Waals surface area contributed by atoms with E-state index in [1.54, 1.807) is 7.11 Å². The Kier molecular flexibility index (Phi) is 9.01. The topological polar surface area (TPSA) is 74.7 Å². The van der Waals surface area contributed by atoms with Gasteiger partial charge in [0.1, 0.15) is 5.75 Å². The highest BCUT2D eigenvalue weighted by Crippen LogP contribution is 2.45. The molecule has 3 heterocycles. The SMILES string of the molecule is CCC(=O)Nc1ccc(N2C(=S)N[C@H](c3ccccn3)[C@H]2c2cc(C)n(-c3ccc(N(CC)CC)cc3)c2C)cc1OC. The molecule has 0 unspecified atom stereocenters. The first-order valence-corrected chi connectivity index (χ1v) is 15.2. The number of amides is 1. The summed E-state index contributed by atoms with van der Waals surface area (Å²) in [6.45, 7) is 12.4. The molecule has 9 heteroatoms. The Hall–Kier alpha value is -4.37. The van der Waals surface area contributed by atoms with Gasteiger partial charge in [0.15, 0.2) is 5.11 Å². The number of thiocarbonyl (C=S) groups is 1. The molecule has 0 spiro atoms. The number of nitrogens with one attached hydrogen (secondary N) is 2. The number of benzene rings is 2. The average molecular weight is 597 g/mol. The van der Waals surface area contributed by atoms with Crippen LogP contribution in [0.4, 0.5) is 17.1 Å². The standard InChI is InChI=1S/C34H40N6O2S/c1-7-31(41)36-28-18-17-26(21-30(28)42-6)40-33(32(37-34(40)43)29-12-10-11-19-35-29)27-20-22(4)39(23(27)5)25-15-13-24(14-16-25)38(8-2)9-3/h10-21,32-33H,7-9H2,1-6H3,(H,36,41)(H,37,43)/t32-,33-/m1/s1. The molecule has 224 valence electrons. The third kappa shape index (κ3) is 5.82. The number of anilines is 3. The molecular weight excluding hydrogens is 556 g/mol. The van der Waals surface area contributed by atoms with Gasteiger partial charge in [0.05, 0.1) is 30.6 Å². The highest BCUT2D eigenvalue weighted by molar-refractivity contribution is 7.80. The van der Waals surface area contributed by atoms with E-state index in [0.29, 0.717) is 23.0 Å². The molecule has 2 N–H and O–H groups in total. The summed E-state index contributed by atoms with van der Waals surface area (Å²) in [5, 5.41) is 7.08. The van der Waals surface area contributed by atoms with Crippen LogP contribution >= 0.6 is 12.2 Å². The Bertz CT molecular complexity index is 1600. The van der Waals surface area contributed by atoms with Crippen molar-refractivity contribution >= 4 is 40.3 Å². The summed E-state index contributed by atoms with van der Waals surface area (Å²) in [6, 6.07) is 22.4. The number of aromatic nitrogens is 2. The van der Waals surface area contributed by atoms with Gasteiger partial charge in [-0.3, -0.25) is 9.78 Å². The summed E-state index contributed by atoms with van der Waals surface area (Å²) in [5.41, 5.74) is 8.14. The van der Waals surface area contributed by atoms with Crippen molar-refractivity contribution in [3.63, 3.8) is 0 Å². The largest absolute Gasteiger partial charge is 0.494 e. The van der Waals surface area contributed by atoms with E-state index in [1.807, 2.05) is 49.5 Å². The second kappa shape index (κ2) is 12.9. The Morgan fingerprint density at radius 1 is 1.02 bits per heavy atom. The van der Waals surface area contributed by atoms with Crippen LogP contribution in [0.3, 0.4) is 0 Å². The predicted molar refractivity (Wildman–Crippen MR) is 179 cm³/mol. The normalized spacial score (nSPS) is 16.2. The molecule has 0 bridgehead atoms. The number of methoxy groups -OCH3 is 1. The van der Waals surface area contributed by atoms with Gasteiger partial charge in [-0.25, -0.2) is 0 Å². The van der Waals surface area contributed by atoms with E-state index in [-0.39, 0.29) is 18.0 Å². The van der Waals surface area contributed by atoms with Crippen molar-refractivity contribution in [3.05, 3.63) is 95.6 Å². The van der Waals surface area contributed by atoms with Gasteiger partial charge >= 0.3 is 0 Å². The van der Waals surface area contributed by atoms with Crippen molar-refractivity contribution in [2.75, 3.05) is 35.3 Å². The van der Waals surface area contributed by atoms with Crippen molar-refractivity contribution in [2.24, 2.45) is 0 Å². The van der Waals surface area contributed by atoms with Gasteiger partial charge in [0.2, 0.25) is 5.91 Å². The summed E-state index contributed by atoms with van der Waals surface area (Å²) in [6.07, 6.45) is 2.20. The first-order chi connectivity index (χ1) is 20.8. The number of pyridine rings is 1. The minimum atomic E-state index is -0.182. The lowest BCUT2D eigenvalue weighted by atomic mass is 9.96. The minimum absolute atomic E-state index is 0.0740. The van der Waals surface area contributed by atoms with Crippen LogP contribution in [0.15, 0.2) is 72.9 Å². The van der Waals surface area contributed by atoms with Crippen LogP contribution < -0.4 is 25.2 Å². The van der Waals surface area contributed by atoms with Crippen LogP contribution in [0, 0.1) is 13.8 Å². The monoisotopic (exact) mass is 596 g/mol. The third-order valence-corrected chi connectivity index (χ3v) is 8.50. The quantitative estimate of drug-likeness (QED) is 0.194. The second-order valence-electron chi connectivity index (χ2n) is 10.6. The molecular formula is C34H40N6O2S. The van der Waals surface area contributed by atoms with Crippen LogP contribution in [0.2, 0.25) is 0 Å². The molecule has 5 rings (SSSR count). The summed E-state index contributed by atoms with van der Waals surface area (Å²) >= 11 is 5.98. The number of carbonyl (C=O) groups excluding carboxylic acids is 1. The lowest BCUT2D eigenvalue weighted by Crippen LogP contribution is -2.29. The maximum Gasteiger partial charge on any atom is 0.224 e. The molecule has 2 atom stereocenters. The smallest absolute Gasteiger partial charge is 0.224 e. The van der Waals surface area contributed by atoms with Gasteiger partial charge in [-0.2, -0.15) is 0 Å². The first-order valence-electron chi connectivity index (χ1n) is 14.8. The fourth-order valence-corrected chi connectivity index (χ4v) is 6.35. The van der Waals surface area contributed by atoms with E-state index < -0.39 is 0 Å². The molecule has 1 fully saturated rings. The number of hydrogen-bond acceptors (Lipinski definition) is 5. The zero-order valence-corrected chi connectivity index (χ0v) is 26.5. The minimum Gasteiger partial charge on any atom is -0.494 e. The van der Waals surface area contributed by atoms with E-state index in [4.69, 9.17) is 21.9 Å². The molecule has 4 aromatic rings. The number of aryl methyl sites for hydroxylation is 1. The van der Waals surface area contributed by atoms with Gasteiger partial charge in [-0.15, -0.1) is 0 Å². The van der Waals surface area contributed by atoms with Gasteiger partial charge in [0, 0.05) is 60.2 Å². The summed E-state index contributed by atoms with van der Waals surface area (Å²) < 4.78 is 8.01. The van der Waals surface area contributed by atoms with Crippen LogP contribution in [0.5, 0.6) is 5.75 Å². The molecule has 1 aliphatic rings. The third-order valence-electron chi connectivity index (χ3n) is 8.18. The van der Waals surface area contributed by atoms with Crippen molar-refractivity contribution in [1.29, 1.82) is 0 Å². The average Bonchev–Trinajstić information content (AvgIpc) is 3.53. The lowest BCUT2D eigenvalue weighted by molar-refractivity contribution is -0.115. The molecule has 2 aromatic heterocycles. The zero-order chi connectivity index (χ0) is 30.7. The van der Waals surface area contributed by atoms with Crippen molar-refractivity contribution < 1.29 is 9.53 Å². The molecule has 1 aliphatic heterocycles. The fourth-order valence-electron chi connectivity index (χ4n) is 6.01. The maximum atomic E-state index is 12.1. The molecule has 0 aliphatic carbocycles. The van der Waals surface area contributed by atoms with Crippen LogP contribution in [-0.4, -0.2) is 40.8 Å². The molecule has 0 saturated carbocycles. The van der Waals surface area contributed by atoms with Crippen molar-refractivity contribution in [3.8, 4) is 11.4 Å².